The lowest BCUT2D eigenvalue weighted by molar-refractivity contribution is -0.129. The van der Waals surface area contributed by atoms with Crippen molar-refractivity contribution in [2.45, 2.75) is 0 Å². The summed E-state index contributed by atoms with van der Waals surface area (Å²) in [4.78, 5) is 16.4. The predicted octanol–water partition coefficient (Wildman–Crippen LogP) is 4.28. The molecule has 0 unspecified atom stereocenters. The van der Waals surface area contributed by atoms with Crippen LogP contribution in [-0.4, -0.2) is 18.7 Å². The van der Waals surface area contributed by atoms with Crippen molar-refractivity contribution in [2.24, 2.45) is 4.99 Å². The minimum atomic E-state index is -0.491. The van der Waals surface area contributed by atoms with E-state index in [1.165, 1.54) is 0 Å². The molecular weight excluding hydrogens is 442 g/mol. The highest BCUT2D eigenvalue weighted by Gasteiger charge is 2.25. The number of ether oxygens (including phenoxy) is 3. The fourth-order valence-electron chi connectivity index (χ4n) is 2.34. The molecule has 2 aliphatic rings. The summed E-state index contributed by atoms with van der Waals surface area (Å²) in [5.74, 6) is 1.09. The van der Waals surface area contributed by atoms with Crippen LogP contribution >= 0.6 is 31.9 Å². The lowest BCUT2D eigenvalue weighted by Gasteiger charge is -2.02. The van der Waals surface area contributed by atoms with Gasteiger partial charge in [-0.15, -0.1) is 0 Å². The summed E-state index contributed by atoms with van der Waals surface area (Å²) in [6.07, 6.45) is 1.65. The lowest BCUT2D eigenvalue weighted by Crippen LogP contribution is -2.05. The van der Waals surface area contributed by atoms with Gasteiger partial charge in [0, 0.05) is 14.5 Å². The van der Waals surface area contributed by atoms with E-state index in [0.717, 1.165) is 20.1 Å². The van der Waals surface area contributed by atoms with E-state index in [4.69, 9.17) is 14.2 Å². The number of benzene rings is 2. The van der Waals surface area contributed by atoms with E-state index in [-0.39, 0.29) is 18.4 Å². The van der Waals surface area contributed by atoms with Gasteiger partial charge in [-0.3, -0.25) is 0 Å². The van der Waals surface area contributed by atoms with E-state index in [0.29, 0.717) is 11.5 Å². The molecule has 0 amide bonds. The van der Waals surface area contributed by atoms with Gasteiger partial charge in [-0.2, -0.15) is 0 Å². The second kappa shape index (κ2) is 6.07. The molecule has 2 heterocycles. The highest BCUT2D eigenvalue weighted by molar-refractivity contribution is 9.10. The van der Waals surface area contributed by atoms with Gasteiger partial charge >= 0.3 is 5.97 Å². The molecule has 0 fully saturated rings. The molecule has 2 aliphatic heterocycles. The summed E-state index contributed by atoms with van der Waals surface area (Å²) >= 11 is 6.85. The average Bonchev–Trinajstić information content (AvgIpc) is 3.14. The van der Waals surface area contributed by atoms with Crippen LogP contribution < -0.4 is 9.47 Å². The fourth-order valence-corrected chi connectivity index (χ4v) is 3.18. The van der Waals surface area contributed by atoms with Crippen molar-refractivity contribution in [1.29, 1.82) is 0 Å². The zero-order chi connectivity index (χ0) is 16.7. The number of nitrogens with zero attached hydrogens (tertiary/aromatic N) is 1. The van der Waals surface area contributed by atoms with Crippen LogP contribution in [0, 0.1) is 0 Å². The number of esters is 1. The first kappa shape index (κ1) is 15.4. The van der Waals surface area contributed by atoms with E-state index < -0.39 is 5.97 Å². The maximum Gasteiger partial charge on any atom is 0.363 e. The standard InChI is InChI=1S/C17H9Br2NO4/c18-11-3-1-2-9(4-11)16-20-13(17(21)24-16)5-10-6-14-15(7-12(10)19)23-8-22-14/h1-7H,8H2/b13-5-. The zero-order valence-corrected chi connectivity index (χ0v) is 15.3. The average molecular weight is 451 g/mol. The summed E-state index contributed by atoms with van der Waals surface area (Å²) in [6.45, 7) is 0.190. The number of halogens is 2. The first-order valence-corrected chi connectivity index (χ1v) is 8.56. The number of hydrogen-bond acceptors (Lipinski definition) is 5. The first-order valence-electron chi connectivity index (χ1n) is 6.98. The van der Waals surface area contributed by atoms with Gasteiger partial charge in [0.25, 0.3) is 0 Å². The Morgan fingerprint density at radius 1 is 1.08 bits per heavy atom. The molecule has 24 heavy (non-hydrogen) atoms. The summed E-state index contributed by atoms with van der Waals surface area (Å²) in [6, 6.07) is 11.0. The molecule has 0 bridgehead atoms. The monoisotopic (exact) mass is 449 g/mol. The summed E-state index contributed by atoms with van der Waals surface area (Å²) in [5, 5.41) is 0. The second-order valence-electron chi connectivity index (χ2n) is 5.07. The number of carbonyl (C=O) groups is 1. The van der Waals surface area contributed by atoms with Crippen molar-refractivity contribution in [3.8, 4) is 11.5 Å². The number of carbonyl (C=O) groups excluding carboxylic acids is 1. The number of cyclic esters (lactones) is 1. The molecule has 0 radical (unpaired) electrons. The fraction of sp³-hybridized carbons (Fsp3) is 0.0588. The first-order chi connectivity index (χ1) is 11.6. The van der Waals surface area contributed by atoms with Gasteiger partial charge in [0.2, 0.25) is 12.7 Å². The van der Waals surface area contributed by atoms with Gasteiger partial charge in [-0.1, -0.05) is 37.9 Å². The molecular formula is C17H9Br2NO4. The molecule has 4 rings (SSSR count). The minimum Gasteiger partial charge on any atom is -0.454 e. The van der Waals surface area contributed by atoms with Crippen molar-refractivity contribution in [3.63, 3.8) is 0 Å². The molecule has 5 nitrogen and oxygen atoms in total. The van der Waals surface area contributed by atoms with Gasteiger partial charge in [-0.25, -0.2) is 9.79 Å². The molecule has 120 valence electrons. The van der Waals surface area contributed by atoms with Crippen LogP contribution in [0.1, 0.15) is 11.1 Å². The summed E-state index contributed by atoms with van der Waals surface area (Å²) in [5.41, 5.74) is 1.71. The van der Waals surface area contributed by atoms with Crippen LogP contribution in [0.2, 0.25) is 0 Å². The number of rotatable bonds is 2. The molecule has 2 aromatic rings. The minimum absolute atomic E-state index is 0.190. The third-order valence-corrected chi connectivity index (χ3v) is 4.66. The van der Waals surface area contributed by atoms with Crippen LogP contribution in [0.4, 0.5) is 0 Å². The predicted molar refractivity (Wildman–Crippen MR) is 95.0 cm³/mol. The van der Waals surface area contributed by atoms with E-state index in [1.807, 2.05) is 24.3 Å². The molecule has 0 spiro atoms. The van der Waals surface area contributed by atoms with Crippen LogP contribution in [-0.2, 0) is 9.53 Å². The number of aliphatic imine (C=N–C) groups is 1. The van der Waals surface area contributed by atoms with Gasteiger partial charge in [-0.05, 0) is 42.0 Å². The third kappa shape index (κ3) is 2.85. The Morgan fingerprint density at radius 2 is 1.88 bits per heavy atom. The molecule has 0 atom stereocenters. The molecule has 0 saturated carbocycles. The Labute approximate surface area is 154 Å². The molecule has 0 N–H and O–H groups in total. The van der Waals surface area contributed by atoms with Crippen molar-refractivity contribution in [2.75, 3.05) is 6.79 Å². The Kier molecular flexibility index (Phi) is 3.90. The molecule has 2 aromatic carbocycles. The smallest absolute Gasteiger partial charge is 0.363 e. The SMILES string of the molecule is O=C1OC(c2cccc(Br)c2)=N/C1=C\c1cc2c(cc1Br)OCO2. The maximum absolute atomic E-state index is 12.1. The summed E-state index contributed by atoms with van der Waals surface area (Å²) < 4.78 is 17.6. The van der Waals surface area contributed by atoms with Gasteiger partial charge in [0.05, 0.1) is 0 Å². The lowest BCUT2D eigenvalue weighted by atomic mass is 10.1. The maximum atomic E-state index is 12.1. The van der Waals surface area contributed by atoms with E-state index in [2.05, 4.69) is 36.9 Å². The van der Waals surface area contributed by atoms with Crippen LogP contribution in [0.3, 0.4) is 0 Å². The van der Waals surface area contributed by atoms with E-state index in [1.54, 1.807) is 18.2 Å². The Hall–Kier alpha value is -2.12. The normalized spacial score (nSPS) is 17.2. The van der Waals surface area contributed by atoms with Gasteiger partial charge < -0.3 is 14.2 Å². The van der Waals surface area contributed by atoms with Gasteiger partial charge in [0.15, 0.2) is 17.2 Å². The van der Waals surface area contributed by atoms with Crippen LogP contribution in [0.5, 0.6) is 11.5 Å². The third-order valence-electron chi connectivity index (χ3n) is 3.48. The van der Waals surface area contributed by atoms with Crippen molar-refractivity contribution in [3.05, 3.63) is 62.2 Å². The highest BCUT2D eigenvalue weighted by atomic mass is 79.9. The molecule has 0 aliphatic carbocycles. The quantitative estimate of drug-likeness (QED) is 0.506. The number of fused-ring (bicyclic) bond motifs is 1. The Bertz CT molecular complexity index is 921. The Balaban J connectivity index is 1.71. The molecule has 7 heteroatoms. The highest BCUT2D eigenvalue weighted by Crippen LogP contribution is 2.38. The second-order valence-corrected chi connectivity index (χ2v) is 6.84. The van der Waals surface area contributed by atoms with Gasteiger partial charge in [0.1, 0.15) is 0 Å². The van der Waals surface area contributed by atoms with Crippen LogP contribution in [0.15, 0.2) is 56.0 Å². The summed E-state index contributed by atoms with van der Waals surface area (Å²) in [7, 11) is 0. The number of hydrogen-bond donors (Lipinski definition) is 0. The zero-order valence-electron chi connectivity index (χ0n) is 12.1. The van der Waals surface area contributed by atoms with E-state index >= 15 is 0 Å². The van der Waals surface area contributed by atoms with Crippen molar-refractivity contribution in [1.82, 2.24) is 0 Å². The molecule has 0 aromatic heterocycles. The Morgan fingerprint density at radius 3 is 2.67 bits per heavy atom. The van der Waals surface area contributed by atoms with Crippen molar-refractivity contribution < 1.29 is 19.0 Å². The topological polar surface area (TPSA) is 57.1 Å². The van der Waals surface area contributed by atoms with Crippen LogP contribution in [0.25, 0.3) is 6.08 Å². The van der Waals surface area contributed by atoms with Crippen molar-refractivity contribution >= 4 is 49.8 Å². The molecule has 0 saturated heterocycles. The largest absolute Gasteiger partial charge is 0.454 e. The van der Waals surface area contributed by atoms with E-state index in [9.17, 15) is 4.79 Å².